The van der Waals surface area contributed by atoms with Crippen LogP contribution >= 0.6 is 0 Å². The highest BCUT2D eigenvalue weighted by atomic mass is 19.1. The molecule has 0 saturated carbocycles. The zero-order valence-electron chi connectivity index (χ0n) is 8.99. The molecule has 0 aromatic rings. The lowest BCUT2D eigenvalue weighted by molar-refractivity contribution is 0.452. The number of allylic oxidation sites excluding steroid dienone is 4. The molecule has 2 heterocycles. The van der Waals surface area contributed by atoms with Crippen molar-refractivity contribution in [3.05, 3.63) is 24.1 Å². The SMILES string of the molecule is FC1=CC2=NN=C(C3CCNCC3)[C@@H]2C=C1. The lowest BCUT2D eigenvalue weighted by atomic mass is 9.82. The third-order valence-corrected chi connectivity index (χ3v) is 3.41. The Bertz CT molecular complexity index is 414. The van der Waals surface area contributed by atoms with E-state index in [9.17, 15) is 4.39 Å². The van der Waals surface area contributed by atoms with Crippen LogP contribution in [0.1, 0.15) is 12.8 Å². The number of hydrogen-bond donors (Lipinski definition) is 1. The largest absolute Gasteiger partial charge is 0.317 e. The van der Waals surface area contributed by atoms with Gasteiger partial charge in [0.15, 0.2) is 0 Å². The lowest BCUT2D eigenvalue weighted by Crippen LogP contribution is -2.35. The molecule has 0 unspecified atom stereocenters. The van der Waals surface area contributed by atoms with Crippen molar-refractivity contribution in [2.45, 2.75) is 12.8 Å². The molecule has 0 aromatic heterocycles. The first-order chi connectivity index (χ1) is 7.84. The summed E-state index contributed by atoms with van der Waals surface area (Å²) in [6, 6.07) is 0. The lowest BCUT2D eigenvalue weighted by Gasteiger charge is -2.25. The van der Waals surface area contributed by atoms with E-state index in [1.165, 1.54) is 12.2 Å². The molecule has 0 aromatic carbocycles. The van der Waals surface area contributed by atoms with Crippen molar-refractivity contribution in [3.8, 4) is 0 Å². The smallest absolute Gasteiger partial charge is 0.124 e. The maximum Gasteiger partial charge on any atom is 0.124 e. The quantitative estimate of drug-likeness (QED) is 0.717. The van der Waals surface area contributed by atoms with Gasteiger partial charge in [-0.3, -0.25) is 0 Å². The molecule has 4 heteroatoms. The van der Waals surface area contributed by atoms with Gasteiger partial charge in [0.05, 0.1) is 17.3 Å². The average molecular weight is 219 g/mol. The predicted octanol–water partition coefficient (Wildman–Crippen LogP) is 1.84. The number of nitrogens with one attached hydrogen (secondary N) is 1. The van der Waals surface area contributed by atoms with Crippen LogP contribution in [-0.4, -0.2) is 24.5 Å². The standard InChI is InChI=1S/C12H14FN3/c13-9-1-2-10-11(7-9)15-16-12(10)8-3-5-14-6-4-8/h1-2,7-8,10,14H,3-6H2/t10-/m1/s1. The van der Waals surface area contributed by atoms with E-state index in [1.807, 2.05) is 6.08 Å². The minimum absolute atomic E-state index is 0.127. The van der Waals surface area contributed by atoms with Gasteiger partial charge in [-0.05, 0) is 38.1 Å². The van der Waals surface area contributed by atoms with Gasteiger partial charge < -0.3 is 5.32 Å². The van der Waals surface area contributed by atoms with Crippen LogP contribution in [0.15, 0.2) is 34.3 Å². The molecule has 1 atom stereocenters. The molecule has 1 saturated heterocycles. The van der Waals surface area contributed by atoms with E-state index in [0.29, 0.717) is 5.92 Å². The van der Waals surface area contributed by atoms with Crippen molar-refractivity contribution >= 4 is 11.4 Å². The molecule has 1 fully saturated rings. The van der Waals surface area contributed by atoms with Gasteiger partial charge in [-0.25, -0.2) is 4.39 Å². The van der Waals surface area contributed by atoms with Gasteiger partial charge >= 0.3 is 0 Å². The molecule has 3 aliphatic rings. The van der Waals surface area contributed by atoms with E-state index in [2.05, 4.69) is 15.5 Å². The van der Waals surface area contributed by atoms with Crippen molar-refractivity contribution < 1.29 is 4.39 Å². The van der Waals surface area contributed by atoms with E-state index in [4.69, 9.17) is 0 Å². The Balaban J connectivity index is 1.79. The number of nitrogens with zero attached hydrogens (tertiary/aromatic N) is 2. The highest BCUT2D eigenvalue weighted by Crippen LogP contribution is 2.28. The van der Waals surface area contributed by atoms with E-state index < -0.39 is 0 Å². The Morgan fingerprint density at radius 2 is 2.06 bits per heavy atom. The summed E-state index contributed by atoms with van der Waals surface area (Å²) in [6.45, 7) is 2.08. The Labute approximate surface area is 93.8 Å². The predicted molar refractivity (Wildman–Crippen MR) is 62.3 cm³/mol. The van der Waals surface area contributed by atoms with Crippen LogP contribution in [0.4, 0.5) is 4.39 Å². The molecule has 3 rings (SSSR count). The van der Waals surface area contributed by atoms with Gasteiger partial charge in [0.1, 0.15) is 5.83 Å². The number of rotatable bonds is 1. The fourth-order valence-electron chi connectivity index (χ4n) is 2.54. The fourth-order valence-corrected chi connectivity index (χ4v) is 2.54. The van der Waals surface area contributed by atoms with Gasteiger partial charge in [-0.1, -0.05) is 6.08 Å². The third kappa shape index (κ3) is 1.63. The summed E-state index contributed by atoms with van der Waals surface area (Å²) < 4.78 is 13.0. The summed E-state index contributed by atoms with van der Waals surface area (Å²) >= 11 is 0. The summed E-state index contributed by atoms with van der Waals surface area (Å²) in [6.07, 6.45) is 7.10. The van der Waals surface area contributed by atoms with Crippen molar-refractivity contribution in [2.75, 3.05) is 13.1 Å². The second-order valence-corrected chi connectivity index (χ2v) is 4.44. The number of halogens is 1. The van der Waals surface area contributed by atoms with Crippen molar-refractivity contribution in [2.24, 2.45) is 22.0 Å². The first-order valence-electron chi connectivity index (χ1n) is 5.76. The second kappa shape index (κ2) is 3.94. The van der Waals surface area contributed by atoms with Crippen molar-refractivity contribution in [1.82, 2.24) is 5.32 Å². The summed E-state index contributed by atoms with van der Waals surface area (Å²) in [5, 5.41) is 11.7. The Kier molecular flexibility index (Phi) is 2.44. The second-order valence-electron chi connectivity index (χ2n) is 4.44. The van der Waals surface area contributed by atoms with Gasteiger partial charge in [0.25, 0.3) is 0 Å². The van der Waals surface area contributed by atoms with E-state index >= 15 is 0 Å². The summed E-state index contributed by atoms with van der Waals surface area (Å²) in [5.74, 6) is 0.408. The van der Waals surface area contributed by atoms with Gasteiger partial charge in [0, 0.05) is 5.92 Å². The third-order valence-electron chi connectivity index (χ3n) is 3.41. The van der Waals surface area contributed by atoms with Crippen LogP contribution < -0.4 is 5.32 Å². The molecule has 3 nitrogen and oxygen atoms in total. The monoisotopic (exact) mass is 219 g/mol. The van der Waals surface area contributed by atoms with Gasteiger partial charge in [-0.2, -0.15) is 10.2 Å². The zero-order valence-corrected chi connectivity index (χ0v) is 8.99. The summed E-state index contributed by atoms with van der Waals surface area (Å²) in [4.78, 5) is 0. The first-order valence-corrected chi connectivity index (χ1v) is 5.76. The highest BCUT2D eigenvalue weighted by Gasteiger charge is 2.32. The van der Waals surface area contributed by atoms with Crippen LogP contribution in [0, 0.1) is 11.8 Å². The maximum absolute atomic E-state index is 13.0. The fraction of sp³-hybridized carbons (Fsp3) is 0.500. The minimum Gasteiger partial charge on any atom is -0.317 e. The average Bonchev–Trinajstić information content (AvgIpc) is 2.73. The Morgan fingerprint density at radius 1 is 1.25 bits per heavy atom. The number of hydrogen-bond acceptors (Lipinski definition) is 3. The summed E-state index contributed by atoms with van der Waals surface area (Å²) in [5.41, 5.74) is 1.88. The van der Waals surface area contributed by atoms with Crippen LogP contribution in [0.2, 0.25) is 0 Å². The molecular weight excluding hydrogens is 205 g/mol. The Hall–Kier alpha value is -1.29. The molecule has 16 heavy (non-hydrogen) atoms. The van der Waals surface area contributed by atoms with E-state index in [0.717, 1.165) is 37.4 Å². The maximum atomic E-state index is 13.0. The van der Waals surface area contributed by atoms with E-state index in [1.54, 1.807) is 0 Å². The molecule has 0 spiro atoms. The number of piperidine rings is 1. The molecule has 0 bridgehead atoms. The van der Waals surface area contributed by atoms with Crippen molar-refractivity contribution in [3.63, 3.8) is 0 Å². The topological polar surface area (TPSA) is 36.8 Å². The van der Waals surface area contributed by atoms with Crippen LogP contribution in [0.3, 0.4) is 0 Å². The molecule has 0 radical (unpaired) electrons. The molecule has 84 valence electrons. The van der Waals surface area contributed by atoms with Gasteiger partial charge in [-0.15, -0.1) is 0 Å². The summed E-state index contributed by atoms with van der Waals surface area (Å²) in [7, 11) is 0. The number of fused-ring (bicyclic) bond motifs is 1. The zero-order chi connectivity index (χ0) is 11.0. The van der Waals surface area contributed by atoms with Crippen LogP contribution in [-0.2, 0) is 0 Å². The minimum atomic E-state index is -0.225. The first kappa shape index (κ1) is 9.90. The van der Waals surface area contributed by atoms with E-state index in [-0.39, 0.29) is 11.7 Å². The van der Waals surface area contributed by atoms with Crippen LogP contribution in [0.25, 0.3) is 0 Å². The van der Waals surface area contributed by atoms with Gasteiger partial charge in [0.2, 0.25) is 0 Å². The molecular formula is C12H14FN3. The normalized spacial score (nSPS) is 29.6. The molecule has 0 amide bonds. The highest BCUT2D eigenvalue weighted by molar-refractivity contribution is 6.18. The molecule has 2 aliphatic heterocycles. The Morgan fingerprint density at radius 3 is 2.88 bits per heavy atom. The van der Waals surface area contributed by atoms with Crippen molar-refractivity contribution in [1.29, 1.82) is 0 Å². The molecule has 1 N–H and O–H groups in total. The molecule has 1 aliphatic carbocycles. The van der Waals surface area contributed by atoms with Crippen LogP contribution in [0.5, 0.6) is 0 Å².